The van der Waals surface area contributed by atoms with E-state index in [0.29, 0.717) is 15.9 Å². The van der Waals surface area contributed by atoms with Gasteiger partial charge >= 0.3 is 0 Å². The normalized spacial score (nSPS) is 27.9. The first kappa shape index (κ1) is 23.3. The van der Waals surface area contributed by atoms with Crippen molar-refractivity contribution in [2.75, 3.05) is 13.7 Å². The zero-order valence-corrected chi connectivity index (χ0v) is 19.6. The Hall–Kier alpha value is -1.82. The standard InChI is InChI=1S/C18H16Cl2N6O4S2/c1-29-15-17(31)30-12(6-27)14(28)18(15,9-2-8(19)4-22-10(9)3-21)26-5-11(24-25-26)16-23-13(20)7-32-16/h2,4-5,7,12,14-15,17,27-28,31H,6H2,1H3/t12-,14+,15+,17-,18+/m0/s1. The summed E-state index contributed by atoms with van der Waals surface area (Å²) in [5, 5.41) is 42.2. The van der Waals surface area contributed by atoms with Crippen molar-refractivity contribution in [3.05, 3.63) is 45.3 Å². The van der Waals surface area contributed by atoms with Crippen LogP contribution in [0.1, 0.15) is 11.3 Å². The van der Waals surface area contributed by atoms with Crippen LogP contribution in [0.3, 0.4) is 0 Å². The Bertz CT molecular complexity index is 1170. The number of hydrogen-bond acceptors (Lipinski definition) is 11. The summed E-state index contributed by atoms with van der Waals surface area (Å²) in [6.45, 7) is -0.532. The molecule has 1 fully saturated rings. The molecule has 1 aliphatic heterocycles. The molecule has 32 heavy (non-hydrogen) atoms. The van der Waals surface area contributed by atoms with Crippen molar-refractivity contribution in [2.45, 2.75) is 29.3 Å². The fraction of sp³-hybridized carbons (Fsp3) is 0.389. The van der Waals surface area contributed by atoms with Crippen molar-refractivity contribution in [1.82, 2.24) is 25.0 Å². The largest absolute Gasteiger partial charge is 0.394 e. The van der Waals surface area contributed by atoms with Crippen LogP contribution in [0, 0.1) is 11.3 Å². The number of pyridine rings is 1. The second kappa shape index (κ2) is 9.20. The molecular formula is C18H16Cl2N6O4S2. The molecule has 0 saturated carbocycles. The van der Waals surface area contributed by atoms with Crippen LogP contribution < -0.4 is 0 Å². The molecule has 0 aromatic carbocycles. The lowest BCUT2D eigenvalue weighted by Gasteiger charge is -2.51. The van der Waals surface area contributed by atoms with Gasteiger partial charge in [-0.05, 0) is 6.07 Å². The average Bonchev–Trinajstić information content (AvgIpc) is 3.44. The summed E-state index contributed by atoms with van der Waals surface area (Å²) in [6.07, 6.45) is -0.687. The van der Waals surface area contributed by atoms with Gasteiger partial charge in [0.15, 0.2) is 0 Å². The van der Waals surface area contributed by atoms with E-state index in [4.69, 9.17) is 32.7 Å². The number of rotatable bonds is 5. The average molecular weight is 515 g/mol. The number of methoxy groups -OCH3 is 1. The number of hydrogen-bond donors (Lipinski definition) is 3. The summed E-state index contributed by atoms with van der Waals surface area (Å²) in [6, 6.07) is 3.51. The summed E-state index contributed by atoms with van der Waals surface area (Å²) in [7, 11) is 1.40. The SMILES string of the molecule is CO[C@@H]1[C@H](S)O[C@@H](CO)[C@@H](O)[C@@]1(c1cc(Cl)cnc1C#N)n1cc(-c2nc(Cl)cs2)nn1. The highest BCUT2D eigenvalue weighted by Crippen LogP contribution is 2.45. The molecule has 5 atom stereocenters. The maximum atomic E-state index is 11.5. The van der Waals surface area contributed by atoms with Crippen LogP contribution in [0.4, 0.5) is 0 Å². The number of thiazole rings is 1. The molecule has 3 aromatic heterocycles. The number of ether oxygens (including phenoxy) is 2. The van der Waals surface area contributed by atoms with Crippen LogP contribution in [0.2, 0.25) is 10.2 Å². The van der Waals surface area contributed by atoms with E-state index in [2.05, 4.69) is 32.9 Å². The number of thiol groups is 1. The fourth-order valence-electron chi connectivity index (χ4n) is 3.88. The second-order valence-electron chi connectivity index (χ2n) is 6.86. The first-order chi connectivity index (χ1) is 15.4. The van der Waals surface area contributed by atoms with Gasteiger partial charge in [0, 0.05) is 24.3 Å². The van der Waals surface area contributed by atoms with Crippen molar-refractivity contribution < 1.29 is 19.7 Å². The van der Waals surface area contributed by atoms with Crippen molar-refractivity contribution in [1.29, 1.82) is 5.26 Å². The van der Waals surface area contributed by atoms with Gasteiger partial charge in [0.05, 0.1) is 17.8 Å². The van der Waals surface area contributed by atoms with Crippen LogP contribution in [0.15, 0.2) is 23.8 Å². The number of aromatic nitrogens is 5. The van der Waals surface area contributed by atoms with Gasteiger partial charge in [0.1, 0.15) is 56.9 Å². The summed E-state index contributed by atoms with van der Waals surface area (Å²) >= 11 is 17.9. The van der Waals surface area contributed by atoms with E-state index >= 15 is 0 Å². The number of nitrogens with zero attached hydrogens (tertiary/aromatic N) is 6. The van der Waals surface area contributed by atoms with E-state index in [1.807, 2.05) is 6.07 Å². The quantitative estimate of drug-likeness (QED) is 0.434. The van der Waals surface area contributed by atoms with Crippen molar-refractivity contribution in [3.63, 3.8) is 0 Å². The summed E-state index contributed by atoms with van der Waals surface area (Å²) in [5.74, 6) is 0. The minimum Gasteiger partial charge on any atom is -0.394 e. The maximum Gasteiger partial charge on any atom is 0.150 e. The minimum absolute atomic E-state index is 0.0241. The Morgan fingerprint density at radius 2 is 2.25 bits per heavy atom. The van der Waals surface area contributed by atoms with Crippen LogP contribution in [-0.4, -0.2) is 72.6 Å². The van der Waals surface area contributed by atoms with Gasteiger partial charge in [-0.2, -0.15) is 5.26 Å². The van der Waals surface area contributed by atoms with Gasteiger partial charge in [-0.25, -0.2) is 14.6 Å². The third kappa shape index (κ3) is 3.68. The van der Waals surface area contributed by atoms with Gasteiger partial charge in [-0.1, -0.05) is 28.4 Å². The molecular weight excluding hydrogens is 499 g/mol. The van der Waals surface area contributed by atoms with Crippen molar-refractivity contribution in [2.24, 2.45) is 0 Å². The molecule has 0 unspecified atom stereocenters. The van der Waals surface area contributed by atoms with E-state index < -0.39 is 35.9 Å². The van der Waals surface area contributed by atoms with Gasteiger partial charge in [-0.15, -0.1) is 29.1 Å². The van der Waals surface area contributed by atoms with E-state index in [-0.39, 0.29) is 16.3 Å². The maximum absolute atomic E-state index is 11.5. The van der Waals surface area contributed by atoms with Gasteiger partial charge < -0.3 is 19.7 Å². The molecule has 3 aromatic rings. The van der Waals surface area contributed by atoms with Crippen LogP contribution in [0.5, 0.6) is 0 Å². The summed E-state index contributed by atoms with van der Waals surface area (Å²) in [5.41, 5.74) is -2.00. The molecule has 0 amide bonds. The Kier molecular flexibility index (Phi) is 6.71. The molecule has 0 aliphatic carbocycles. The molecule has 10 nitrogen and oxygen atoms in total. The van der Waals surface area contributed by atoms with E-state index in [1.54, 1.807) is 5.38 Å². The van der Waals surface area contributed by atoms with Crippen LogP contribution in [-0.2, 0) is 15.0 Å². The molecule has 168 valence electrons. The van der Waals surface area contributed by atoms with E-state index in [9.17, 15) is 15.5 Å². The Morgan fingerprint density at radius 1 is 1.47 bits per heavy atom. The predicted octanol–water partition coefficient (Wildman–Crippen LogP) is 1.74. The molecule has 0 radical (unpaired) electrons. The first-order valence-electron chi connectivity index (χ1n) is 9.12. The minimum atomic E-state index is -1.64. The van der Waals surface area contributed by atoms with Gasteiger partial charge in [0.2, 0.25) is 0 Å². The zero-order chi connectivity index (χ0) is 23.0. The third-order valence-corrected chi connectivity index (χ3v) is 6.99. The van der Waals surface area contributed by atoms with Crippen LogP contribution in [0.25, 0.3) is 10.7 Å². The highest BCUT2D eigenvalue weighted by atomic mass is 35.5. The number of aliphatic hydroxyl groups is 2. The summed E-state index contributed by atoms with van der Waals surface area (Å²) < 4.78 is 12.7. The molecule has 1 saturated heterocycles. The zero-order valence-electron chi connectivity index (χ0n) is 16.3. The van der Waals surface area contributed by atoms with Crippen molar-refractivity contribution in [3.8, 4) is 16.8 Å². The highest BCUT2D eigenvalue weighted by molar-refractivity contribution is 7.80. The molecule has 0 bridgehead atoms. The number of aliphatic hydroxyl groups excluding tert-OH is 2. The summed E-state index contributed by atoms with van der Waals surface area (Å²) in [4.78, 5) is 8.31. The third-order valence-electron chi connectivity index (χ3n) is 5.20. The van der Waals surface area contributed by atoms with Gasteiger partial charge in [-0.3, -0.25) is 0 Å². The van der Waals surface area contributed by atoms with Crippen molar-refractivity contribution >= 4 is 47.2 Å². The molecule has 2 N–H and O–H groups in total. The Morgan fingerprint density at radius 3 is 2.88 bits per heavy atom. The monoisotopic (exact) mass is 514 g/mol. The number of nitriles is 1. The molecule has 1 aliphatic rings. The second-order valence-corrected chi connectivity index (χ2v) is 9.05. The lowest BCUT2D eigenvalue weighted by molar-refractivity contribution is -0.213. The molecule has 14 heteroatoms. The van der Waals surface area contributed by atoms with E-state index in [1.165, 1.54) is 41.6 Å². The molecule has 0 spiro atoms. The number of halogens is 2. The molecule has 4 heterocycles. The van der Waals surface area contributed by atoms with E-state index in [0.717, 1.165) is 0 Å². The Balaban J connectivity index is 2.03. The highest BCUT2D eigenvalue weighted by Gasteiger charge is 2.60. The predicted molar refractivity (Wildman–Crippen MR) is 119 cm³/mol. The van der Waals surface area contributed by atoms with Crippen LogP contribution >= 0.6 is 47.2 Å². The lowest BCUT2D eigenvalue weighted by Crippen LogP contribution is -2.68. The fourth-order valence-corrected chi connectivity index (χ4v) is 5.44. The lowest BCUT2D eigenvalue weighted by atomic mass is 9.75. The smallest absolute Gasteiger partial charge is 0.150 e. The van der Waals surface area contributed by atoms with Gasteiger partial charge in [0.25, 0.3) is 0 Å². The topological polar surface area (TPSA) is 139 Å². The molecule has 4 rings (SSSR count). The first-order valence-corrected chi connectivity index (χ1v) is 11.3. The Labute approximate surface area is 201 Å².